The monoisotopic (exact) mass is 149 g/mol. The Labute approximate surface area is 45.8 Å². The minimum absolute atomic E-state index is 0.469. The molecule has 0 rings (SSSR count). The number of hydrogen-bond acceptors (Lipinski definition) is 0. The minimum atomic E-state index is -0.634. The smallest absolute Gasteiger partial charge is 0.120 e. The van der Waals surface area contributed by atoms with E-state index in [4.69, 9.17) is 0 Å². The zero-order chi connectivity index (χ0) is 4.99. The minimum Gasteiger partial charge on any atom is -0.228 e. The van der Waals surface area contributed by atoms with Crippen LogP contribution in [0.5, 0.6) is 0 Å². The molecule has 1 unspecified atom stereocenters. The average molecular weight is 150 g/mol. The summed E-state index contributed by atoms with van der Waals surface area (Å²) in [6.45, 7) is 3.29. The quantitative estimate of drug-likeness (QED) is 0.418. The lowest BCUT2D eigenvalue weighted by atomic mass is 10.4. The summed E-state index contributed by atoms with van der Waals surface area (Å²) in [7, 11) is 0. The first kappa shape index (κ1) is 6.18. The summed E-state index contributed by atoms with van der Waals surface area (Å²) >= 11 is 2.99. The van der Waals surface area contributed by atoms with Crippen molar-refractivity contribution in [1.29, 1.82) is 0 Å². The van der Waals surface area contributed by atoms with Gasteiger partial charge in [-0.2, -0.15) is 0 Å². The lowest BCUT2D eigenvalue weighted by molar-refractivity contribution is 0.151. The van der Waals surface area contributed by atoms with Crippen molar-refractivity contribution >= 4 is 15.9 Å². The van der Waals surface area contributed by atoms with E-state index in [1.165, 1.54) is 6.08 Å². The predicted octanol–water partition coefficient (Wildman–Crippen LogP) is 1.37. The molecule has 0 aliphatic heterocycles. The van der Waals surface area contributed by atoms with Crippen molar-refractivity contribution in [3.63, 3.8) is 0 Å². The van der Waals surface area contributed by atoms with Crippen molar-refractivity contribution in [2.24, 2.45) is 0 Å². The average Bonchev–Trinajstić information content (AvgIpc) is 1.65. The van der Waals surface area contributed by atoms with Gasteiger partial charge in [0, 0.05) is 5.33 Å². The van der Waals surface area contributed by atoms with Crippen molar-refractivity contribution in [2.75, 3.05) is 5.33 Å². The van der Waals surface area contributed by atoms with Crippen LogP contribution in [0.4, 0.5) is 0 Å². The highest BCUT2D eigenvalue weighted by Crippen LogP contribution is 1.88. The van der Waals surface area contributed by atoms with Crippen LogP contribution in [-0.4, -0.2) is 11.4 Å². The maximum Gasteiger partial charge on any atom is 0.120 e. The molecule has 35 valence electrons. The first-order valence-corrected chi connectivity index (χ1v) is 2.77. The number of rotatable bonds is 2. The molecule has 0 saturated heterocycles. The third-order valence-corrected chi connectivity index (χ3v) is 1.05. The molecule has 1 radical (unpaired) electrons. The lowest BCUT2D eigenvalue weighted by Gasteiger charge is -1.88. The van der Waals surface area contributed by atoms with Crippen LogP contribution in [0.15, 0.2) is 12.7 Å². The summed E-state index contributed by atoms with van der Waals surface area (Å²) in [5.41, 5.74) is 0. The van der Waals surface area contributed by atoms with E-state index < -0.39 is 6.10 Å². The standard InChI is InChI=1S/C4H6BrO/c1-2-4(6)3-5/h2,4H,1,3H2. The summed E-state index contributed by atoms with van der Waals surface area (Å²) in [4.78, 5) is 0. The van der Waals surface area contributed by atoms with Gasteiger partial charge in [-0.3, -0.25) is 0 Å². The molecule has 0 aromatic heterocycles. The zero-order valence-electron chi connectivity index (χ0n) is 3.36. The van der Waals surface area contributed by atoms with E-state index in [1.807, 2.05) is 0 Å². The van der Waals surface area contributed by atoms with Crippen molar-refractivity contribution in [3.8, 4) is 0 Å². The van der Waals surface area contributed by atoms with Crippen LogP contribution >= 0.6 is 15.9 Å². The van der Waals surface area contributed by atoms with Crippen molar-refractivity contribution in [1.82, 2.24) is 0 Å². The summed E-state index contributed by atoms with van der Waals surface area (Å²) < 4.78 is 0. The van der Waals surface area contributed by atoms with Gasteiger partial charge in [0.25, 0.3) is 0 Å². The van der Waals surface area contributed by atoms with E-state index in [1.54, 1.807) is 0 Å². The molecule has 0 bridgehead atoms. The van der Waals surface area contributed by atoms with Crippen LogP contribution in [0.3, 0.4) is 0 Å². The Morgan fingerprint density at radius 1 is 2.00 bits per heavy atom. The van der Waals surface area contributed by atoms with E-state index >= 15 is 0 Å². The van der Waals surface area contributed by atoms with Gasteiger partial charge in [-0.15, -0.1) is 6.58 Å². The largest absolute Gasteiger partial charge is 0.228 e. The molecular weight excluding hydrogens is 144 g/mol. The third kappa shape index (κ3) is 2.42. The van der Waals surface area contributed by atoms with E-state index in [0.29, 0.717) is 5.33 Å². The molecule has 0 saturated carbocycles. The van der Waals surface area contributed by atoms with Crippen molar-refractivity contribution < 1.29 is 5.11 Å². The molecule has 0 aliphatic carbocycles. The van der Waals surface area contributed by atoms with Crippen LogP contribution in [0.1, 0.15) is 0 Å². The van der Waals surface area contributed by atoms with Crippen LogP contribution in [0.2, 0.25) is 0 Å². The lowest BCUT2D eigenvalue weighted by Crippen LogP contribution is -1.98. The van der Waals surface area contributed by atoms with Gasteiger partial charge < -0.3 is 0 Å². The first-order valence-electron chi connectivity index (χ1n) is 1.65. The number of alkyl halides is 1. The van der Waals surface area contributed by atoms with Gasteiger partial charge in [0.2, 0.25) is 0 Å². The molecule has 0 fully saturated rings. The summed E-state index contributed by atoms with van der Waals surface area (Å²) in [5, 5.41) is 10.6. The van der Waals surface area contributed by atoms with Gasteiger partial charge in [-0.05, 0) is 0 Å². The van der Waals surface area contributed by atoms with E-state index in [-0.39, 0.29) is 0 Å². The normalized spacial score (nSPS) is 13.7. The molecule has 0 N–H and O–H groups in total. The fourth-order valence-electron chi connectivity index (χ4n) is 0.0630. The summed E-state index contributed by atoms with van der Waals surface area (Å²) in [6.07, 6.45) is 0.736. The fraction of sp³-hybridized carbons (Fsp3) is 0.500. The molecule has 2 heteroatoms. The van der Waals surface area contributed by atoms with Gasteiger partial charge in [0.05, 0.1) is 0 Å². The second-order valence-electron chi connectivity index (χ2n) is 0.928. The molecule has 1 atom stereocenters. The van der Waals surface area contributed by atoms with Crippen molar-refractivity contribution in [2.45, 2.75) is 6.10 Å². The maximum absolute atomic E-state index is 10.1. The predicted molar refractivity (Wildman–Crippen MR) is 28.5 cm³/mol. The molecule has 0 aromatic rings. The SMILES string of the molecule is C=CC([O])CBr. The van der Waals surface area contributed by atoms with Crippen LogP contribution in [-0.2, 0) is 5.11 Å². The van der Waals surface area contributed by atoms with Gasteiger partial charge in [0.1, 0.15) is 6.10 Å². The second-order valence-corrected chi connectivity index (χ2v) is 1.58. The Morgan fingerprint density at radius 2 is 2.50 bits per heavy atom. The van der Waals surface area contributed by atoms with E-state index in [0.717, 1.165) is 0 Å². The summed E-state index contributed by atoms with van der Waals surface area (Å²) in [5.74, 6) is 0. The van der Waals surface area contributed by atoms with Crippen LogP contribution < -0.4 is 0 Å². The molecule has 6 heavy (non-hydrogen) atoms. The topological polar surface area (TPSA) is 19.9 Å². The van der Waals surface area contributed by atoms with Gasteiger partial charge in [-0.1, -0.05) is 22.0 Å². The molecule has 0 spiro atoms. The second kappa shape index (κ2) is 3.37. The number of halogens is 1. The highest BCUT2D eigenvalue weighted by molar-refractivity contribution is 9.09. The summed E-state index contributed by atoms with van der Waals surface area (Å²) in [6, 6.07) is 0. The molecule has 0 aromatic carbocycles. The van der Waals surface area contributed by atoms with Gasteiger partial charge >= 0.3 is 0 Å². The molecular formula is C4H6BrO. The first-order chi connectivity index (χ1) is 2.81. The van der Waals surface area contributed by atoms with Crippen LogP contribution in [0.25, 0.3) is 0 Å². The Bertz CT molecular complexity index is 44.8. The highest BCUT2D eigenvalue weighted by atomic mass is 79.9. The molecule has 0 heterocycles. The van der Waals surface area contributed by atoms with Crippen LogP contribution in [0, 0.1) is 0 Å². The van der Waals surface area contributed by atoms with Gasteiger partial charge in [0.15, 0.2) is 0 Å². The fourth-order valence-corrected chi connectivity index (χ4v) is 0.327. The van der Waals surface area contributed by atoms with E-state index in [9.17, 15) is 5.11 Å². The van der Waals surface area contributed by atoms with E-state index in [2.05, 4.69) is 22.5 Å². The van der Waals surface area contributed by atoms with Gasteiger partial charge in [-0.25, -0.2) is 5.11 Å². The molecule has 1 nitrogen and oxygen atoms in total. The Kier molecular flexibility index (Phi) is 3.47. The van der Waals surface area contributed by atoms with Crippen molar-refractivity contribution in [3.05, 3.63) is 12.7 Å². The maximum atomic E-state index is 10.1. The Hall–Kier alpha value is 0.180. The number of hydrogen-bond donors (Lipinski definition) is 0. The molecule has 0 aliphatic rings. The highest BCUT2D eigenvalue weighted by Gasteiger charge is 1.91. The Morgan fingerprint density at radius 3 is 2.50 bits per heavy atom. The zero-order valence-corrected chi connectivity index (χ0v) is 4.94. The Balaban J connectivity index is 2.96. The molecule has 0 amide bonds. The third-order valence-electron chi connectivity index (χ3n) is 0.415.